The third-order valence-electron chi connectivity index (χ3n) is 10.5. The van der Waals surface area contributed by atoms with Crippen molar-refractivity contribution < 1.29 is 28.7 Å². The average Bonchev–Trinajstić information content (AvgIpc) is 3.73. The van der Waals surface area contributed by atoms with E-state index in [4.69, 9.17) is 0 Å². The highest BCUT2D eigenvalue weighted by Crippen LogP contribution is 2.54. The Morgan fingerprint density at radius 3 is 1.40 bits per heavy atom. The largest absolute Gasteiger partial charge is 0.453 e. The minimum absolute atomic E-state index is 0.105. The molecule has 4 heterocycles. The smallest absolute Gasteiger partial charge is 0.407 e. The Labute approximate surface area is 287 Å². The number of carbonyl (C=O) groups excluding carboxylic acids is 4. The van der Waals surface area contributed by atoms with Gasteiger partial charge < -0.3 is 39.9 Å². The van der Waals surface area contributed by atoms with E-state index in [1.165, 1.54) is 14.2 Å². The van der Waals surface area contributed by atoms with Crippen molar-refractivity contribution in [2.75, 3.05) is 27.3 Å². The number of ether oxygens (including phenoxy) is 2. The number of hydrogen-bond acceptors (Lipinski definition) is 8. The molecule has 4 fully saturated rings. The fraction of sp³-hybridized carbons (Fsp3) is 0.389. The van der Waals surface area contributed by atoms with Crippen LogP contribution in [-0.4, -0.2) is 93.1 Å². The van der Waals surface area contributed by atoms with Gasteiger partial charge in [-0.15, -0.1) is 0 Å². The summed E-state index contributed by atoms with van der Waals surface area (Å²) in [5.74, 6) is 2.17. The number of piperidine rings is 2. The number of imidazole rings is 2. The van der Waals surface area contributed by atoms with Crippen molar-refractivity contribution in [2.24, 2.45) is 11.8 Å². The van der Waals surface area contributed by atoms with Gasteiger partial charge in [-0.05, 0) is 59.8 Å². The molecule has 14 heteroatoms. The monoisotopic (exact) mass is 678 g/mol. The molecule has 4 aliphatic rings. The van der Waals surface area contributed by atoms with E-state index in [1.54, 1.807) is 12.4 Å². The second-order valence-electron chi connectivity index (χ2n) is 13.4. The van der Waals surface area contributed by atoms with Crippen molar-refractivity contribution in [3.05, 3.63) is 72.6 Å². The van der Waals surface area contributed by atoms with Crippen molar-refractivity contribution in [3.63, 3.8) is 0 Å². The molecule has 50 heavy (non-hydrogen) atoms. The third-order valence-corrected chi connectivity index (χ3v) is 10.5. The minimum atomic E-state index is -0.625. The molecule has 4 N–H and O–H groups in total. The molecule has 2 saturated carbocycles. The molecule has 2 aromatic carbocycles. The highest BCUT2D eigenvalue weighted by Gasteiger charge is 2.56. The van der Waals surface area contributed by atoms with Gasteiger partial charge in [-0.2, -0.15) is 0 Å². The summed E-state index contributed by atoms with van der Waals surface area (Å²) < 4.78 is 9.21. The number of aromatic nitrogens is 4. The van der Waals surface area contributed by atoms with E-state index < -0.39 is 12.2 Å². The number of carbonyl (C=O) groups is 4. The normalized spacial score (nSPS) is 24.3. The highest BCUT2D eigenvalue weighted by atomic mass is 16.5. The minimum Gasteiger partial charge on any atom is -0.453 e. The first-order valence-electron chi connectivity index (χ1n) is 16.9. The van der Waals surface area contributed by atoms with Crippen molar-refractivity contribution in [1.29, 1.82) is 0 Å². The fourth-order valence-electron chi connectivity index (χ4n) is 7.73. The molecule has 14 nitrogen and oxygen atoms in total. The van der Waals surface area contributed by atoms with Crippen molar-refractivity contribution >= 4 is 24.0 Å². The van der Waals surface area contributed by atoms with E-state index in [-0.39, 0.29) is 49.1 Å². The molecule has 0 spiro atoms. The SMILES string of the molecule is COC(=O)NCC(=O)N1[C@H](c2ncc(-c3ccc(-c4ccc(-c5cnc([C@@H]6C[C@@H]7C[C@@H]7N6C(=O)CNC(=O)OC)[nH]5)cc4)cc3)[nH]2)C[C@@H]2C[C@@H]21. The predicted octanol–water partition coefficient (Wildman–Crippen LogP) is 4.17. The molecular weight excluding hydrogens is 640 g/mol. The highest BCUT2D eigenvalue weighted by molar-refractivity contribution is 5.84. The van der Waals surface area contributed by atoms with Crippen LogP contribution in [0.15, 0.2) is 60.9 Å². The molecule has 2 aliphatic carbocycles. The van der Waals surface area contributed by atoms with Gasteiger partial charge in [0.25, 0.3) is 0 Å². The zero-order valence-corrected chi connectivity index (χ0v) is 27.7. The fourth-order valence-corrected chi connectivity index (χ4v) is 7.73. The zero-order chi connectivity index (χ0) is 34.5. The van der Waals surface area contributed by atoms with E-state index in [1.807, 2.05) is 9.80 Å². The lowest BCUT2D eigenvalue weighted by atomic mass is 10.0. The molecule has 0 unspecified atom stereocenters. The van der Waals surface area contributed by atoms with E-state index in [9.17, 15) is 19.2 Å². The van der Waals surface area contributed by atoms with Crippen molar-refractivity contribution in [1.82, 2.24) is 40.4 Å². The van der Waals surface area contributed by atoms with Crippen LogP contribution in [0.25, 0.3) is 33.6 Å². The summed E-state index contributed by atoms with van der Waals surface area (Å²) >= 11 is 0. The van der Waals surface area contributed by atoms with Crippen LogP contribution >= 0.6 is 0 Å². The molecule has 2 aromatic heterocycles. The lowest BCUT2D eigenvalue weighted by Gasteiger charge is -2.26. The van der Waals surface area contributed by atoms with E-state index >= 15 is 0 Å². The maximum Gasteiger partial charge on any atom is 0.407 e. The van der Waals surface area contributed by atoms with Gasteiger partial charge in [0.15, 0.2) is 0 Å². The Balaban J connectivity index is 0.912. The number of rotatable bonds is 9. The van der Waals surface area contributed by atoms with Gasteiger partial charge in [0.1, 0.15) is 24.7 Å². The number of H-pyrrole nitrogens is 2. The van der Waals surface area contributed by atoms with Gasteiger partial charge in [-0.25, -0.2) is 19.6 Å². The Hall–Kier alpha value is -5.66. The summed E-state index contributed by atoms with van der Waals surface area (Å²) in [6.07, 6.45) is 6.04. The van der Waals surface area contributed by atoms with Crippen LogP contribution in [0.2, 0.25) is 0 Å². The average molecular weight is 679 g/mol. The van der Waals surface area contributed by atoms with Crippen molar-refractivity contribution in [2.45, 2.75) is 49.9 Å². The lowest BCUT2D eigenvalue weighted by molar-refractivity contribution is -0.133. The van der Waals surface area contributed by atoms with Crippen LogP contribution in [-0.2, 0) is 19.1 Å². The van der Waals surface area contributed by atoms with Crippen LogP contribution in [0.4, 0.5) is 9.59 Å². The van der Waals surface area contributed by atoms with Crippen LogP contribution in [0, 0.1) is 11.8 Å². The number of fused-ring (bicyclic) bond motifs is 2. The Morgan fingerprint density at radius 1 is 0.640 bits per heavy atom. The number of alkyl carbamates (subject to hydrolysis) is 2. The molecule has 4 amide bonds. The number of aromatic amines is 2. The summed E-state index contributed by atoms with van der Waals surface area (Å²) in [7, 11) is 2.55. The Kier molecular flexibility index (Phi) is 8.00. The van der Waals surface area contributed by atoms with Crippen LogP contribution in [0.3, 0.4) is 0 Å². The van der Waals surface area contributed by atoms with Gasteiger partial charge >= 0.3 is 12.2 Å². The topological polar surface area (TPSA) is 175 Å². The summed E-state index contributed by atoms with van der Waals surface area (Å²) in [6.45, 7) is -0.209. The first kappa shape index (κ1) is 31.6. The second-order valence-corrected chi connectivity index (χ2v) is 13.4. The second kappa shape index (κ2) is 12.7. The molecule has 2 saturated heterocycles. The van der Waals surface area contributed by atoms with Gasteiger partial charge in [-0.3, -0.25) is 9.59 Å². The number of amides is 4. The van der Waals surface area contributed by atoms with E-state index in [0.717, 1.165) is 71.0 Å². The standard InChI is InChI=1S/C36H38N8O6/c1-49-35(47)39-17-31(45)43-27-11-23(27)13-29(43)33-37-15-25(41-33)21-7-3-19(4-8-21)20-5-9-22(10-6-20)26-16-38-34(42-26)30-14-24-12-28(24)44(30)32(46)18-40-36(48)50-2/h3-10,15-16,23-24,27-30H,11-14,17-18H2,1-2H3,(H,37,41)(H,38,42)(H,39,47)(H,40,48)/t23-,24-,27-,28-,29-,30-/m0/s1. The quantitative estimate of drug-likeness (QED) is 0.204. The zero-order valence-electron chi connectivity index (χ0n) is 27.7. The molecule has 8 rings (SSSR count). The molecule has 2 aliphatic heterocycles. The number of hydrogen-bond donors (Lipinski definition) is 4. The molecule has 258 valence electrons. The van der Waals surface area contributed by atoms with E-state index in [2.05, 4.69) is 88.6 Å². The van der Waals surface area contributed by atoms with Crippen LogP contribution in [0.5, 0.6) is 0 Å². The number of benzene rings is 2. The first-order chi connectivity index (χ1) is 24.3. The van der Waals surface area contributed by atoms with Crippen LogP contribution in [0.1, 0.15) is 49.4 Å². The Bertz CT molecular complexity index is 1800. The lowest BCUT2D eigenvalue weighted by Crippen LogP contribution is -2.41. The predicted molar refractivity (Wildman–Crippen MR) is 180 cm³/mol. The molecule has 4 aromatic rings. The molecule has 6 atom stereocenters. The summed E-state index contributed by atoms with van der Waals surface area (Å²) in [5, 5.41) is 4.99. The number of nitrogens with zero attached hydrogens (tertiary/aromatic N) is 4. The molecule has 0 bridgehead atoms. The number of methoxy groups -OCH3 is 2. The summed E-state index contributed by atoms with van der Waals surface area (Å²) in [5.41, 5.74) is 5.85. The summed E-state index contributed by atoms with van der Waals surface area (Å²) in [6, 6.07) is 16.6. The molecular formula is C36H38N8O6. The summed E-state index contributed by atoms with van der Waals surface area (Å²) in [4.78, 5) is 68.8. The molecule has 0 radical (unpaired) electrons. The van der Waals surface area contributed by atoms with Crippen molar-refractivity contribution in [3.8, 4) is 33.6 Å². The number of likely N-dealkylation sites (tertiary alicyclic amines) is 2. The number of nitrogens with one attached hydrogen (secondary N) is 4. The first-order valence-corrected chi connectivity index (χ1v) is 16.9. The maximum absolute atomic E-state index is 13.0. The van der Waals surface area contributed by atoms with Gasteiger partial charge in [-0.1, -0.05) is 48.5 Å². The Morgan fingerprint density at radius 2 is 1.02 bits per heavy atom. The third kappa shape index (κ3) is 5.94. The maximum atomic E-state index is 13.0. The van der Waals surface area contributed by atoms with Gasteiger partial charge in [0.05, 0.1) is 50.1 Å². The van der Waals surface area contributed by atoms with Crippen LogP contribution < -0.4 is 10.6 Å². The van der Waals surface area contributed by atoms with Gasteiger partial charge in [0.2, 0.25) is 11.8 Å². The van der Waals surface area contributed by atoms with Gasteiger partial charge in [0, 0.05) is 12.1 Å². The van der Waals surface area contributed by atoms with E-state index in [0.29, 0.717) is 11.8 Å².